The van der Waals surface area contributed by atoms with Gasteiger partial charge in [-0.1, -0.05) is 0 Å². The fourth-order valence-corrected chi connectivity index (χ4v) is 3.18. The van der Waals surface area contributed by atoms with Gasteiger partial charge in [0.1, 0.15) is 5.69 Å². The van der Waals surface area contributed by atoms with Crippen LogP contribution in [0.25, 0.3) is 11.3 Å². The molecule has 0 spiro atoms. The van der Waals surface area contributed by atoms with Crippen LogP contribution in [0.5, 0.6) is 0 Å². The second kappa shape index (κ2) is 6.51. The number of aliphatic carboxylic acids is 1. The van der Waals surface area contributed by atoms with Crippen LogP contribution in [0.4, 0.5) is 0 Å². The lowest BCUT2D eigenvalue weighted by molar-refractivity contribution is -0.141. The molecule has 1 atom stereocenters. The Morgan fingerprint density at radius 2 is 2.39 bits per heavy atom. The highest BCUT2D eigenvalue weighted by molar-refractivity contribution is 7.09. The van der Waals surface area contributed by atoms with Gasteiger partial charge >= 0.3 is 5.97 Å². The molecule has 122 valence electrons. The fourth-order valence-electron chi connectivity index (χ4n) is 2.55. The number of carboxylic acids is 1. The number of amides is 1. The van der Waals surface area contributed by atoms with Crippen LogP contribution in [0.3, 0.4) is 0 Å². The molecule has 0 radical (unpaired) electrons. The van der Waals surface area contributed by atoms with E-state index < -0.39 is 12.1 Å². The highest BCUT2D eigenvalue weighted by atomic mass is 32.1. The number of carbonyl (C=O) groups excluding carboxylic acids is 1. The lowest BCUT2D eigenvalue weighted by Gasteiger charge is -2.32. The number of carbonyl (C=O) groups is 2. The summed E-state index contributed by atoms with van der Waals surface area (Å²) in [5.41, 5.74) is 2.18. The molecule has 7 nitrogen and oxygen atoms in total. The Hall–Kier alpha value is -2.19. The molecule has 1 aliphatic rings. The molecule has 3 heterocycles. The Morgan fingerprint density at radius 1 is 1.57 bits per heavy atom. The number of nitrogens with one attached hydrogen (secondary N) is 1. The lowest BCUT2D eigenvalue weighted by Crippen LogP contribution is -2.46. The zero-order chi connectivity index (χ0) is 16.4. The van der Waals surface area contributed by atoms with Gasteiger partial charge in [-0.15, -0.1) is 11.3 Å². The van der Waals surface area contributed by atoms with Gasteiger partial charge < -0.3 is 19.7 Å². The summed E-state index contributed by atoms with van der Waals surface area (Å²) < 4.78 is 5.39. The van der Waals surface area contributed by atoms with Gasteiger partial charge in [-0.25, -0.2) is 4.98 Å². The fraction of sp³-hybridized carbons (Fsp3) is 0.400. The molecular weight excluding hydrogens is 318 g/mol. The summed E-state index contributed by atoms with van der Waals surface area (Å²) in [5, 5.41) is 11.8. The maximum atomic E-state index is 12.6. The van der Waals surface area contributed by atoms with Crippen LogP contribution in [0.15, 0.2) is 17.6 Å². The molecule has 0 bridgehead atoms. The van der Waals surface area contributed by atoms with Crippen LogP contribution in [-0.4, -0.2) is 57.7 Å². The number of rotatable bonds is 4. The van der Waals surface area contributed by atoms with Crippen molar-refractivity contribution in [1.29, 1.82) is 0 Å². The largest absolute Gasteiger partial charge is 0.481 e. The van der Waals surface area contributed by atoms with E-state index in [2.05, 4.69) is 9.97 Å². The van der Waals surface area contributed by atoms with Crippen molar-refractivity contribution in [2.24, 2.45) is 0 Å². The minimum Gasteiger partial charge on any atom is -0.481 e. The highest BCUT2D eigenvalue weighted by Crippen LogP contribution is 2.23. The second-order valence-corrected chi connectivity index (χ2v) is 6.46. The Bertz CT molecular complexity index is 724. The van der Waals surface area contributed by atoms with Crippen molar-refractivity contribution in [1.82, 2.24) is 14.9 Å². The van der Waals surface area contributed by atoms with Crippen LogP contribution in [0, 0.1) is 6.92 Å². The van der Waals surface area contributed by atoms with Gasteiger partial charge in [-0.2, -0.15) is 0 Å². The van der Waals surface area contributed by atoms with Crippen molar-refractivity contribution in [2.75, 3.05) is 19.7 Å². The molecule has 0 aliphatic carbocycles. The number of H-pyrrole nitrogens is 1. The molecule has 0 aromatic carbocycles. The second-order valence-electron chi connectivity index (χ2n) is 5.40. The topological polar surface area (TPSA) is 95.5 Å². The van der Waals surface area contributed by atoms with Crippen molar-refractivity contribution in [3.63, 3.8) is 0 Å². The summed E-state index contributed by atoms with van der Waals surface area (Å²) >= 11 is 1.56. The molecule has 1 amide bonds. The Labute approximate surface area is 136 Å². The molecule has 23 heavy (non-hydrogen) atoms. The monoisotopic (exact) mass is 335 g/mol. The molecule has 3 rings (SSSR count). The average molecular weight is 335 g/mol. The normalized spacial score (nSPS) is 18.1. The minimum absolute atomic E-state index is 0.0993. The molecule has 2 aromatic rings. The SMILES string of the molecule is Cc1nc(-c2c[nH]c(C(=O)N3CCO[C@H](CC(=O)O)C3)c2)cs1. The van der Waals surface area contributed by atoms with Crippen LogP contribution in [0.1, 0.15) is 21.9 Å². The number of aromatic nitrogens is 2. The van der Waals surface area contributed by atoms with E-state index in [4.69, 9.17) is 9.84 Å². The van der Waals surface area contributed by atoms with E-state index >= 15 is 0 Å². The van der Waals surface area contributed by atoms with E-state index in [0.29, 0.717) is 18.8 Å². The van der Waals surface area contributed by atoms with E-state index in [1.54, 1.807) is 28.5 Å². The number of ether oxygens (including phenoxy) is 1. The average Bonchev–Trinajstić information content (AvgIpc) is 3.15. The number of thiazole rings is 1. The first kappa shape index (κ1) is 15.7. The van der Waals surface area contributed by atoms with Crippen LogP contribution in [-0.2, 0) is 9.53 Å². The summed E-state index contributed by atoms with van der Waals surface area (Å²) in [6.45, 7) is 3.03. The molecular formula is C15H17N3O4S. The number of carboxylic acid groups (broad SMARTS) is 1. The summed E-state index contributed by atoms with van der Waals surface area (Å²) in [5.74, 6) is -1.08. The van der Waals surface area contributed by atoms with Crippen molar-refractivity contribution < 1.29 is 19.4 Å². The summed E-state index contributed by atoms with van der Waals surface area (Å²) in [6, 6.07) is 1.78. The zero-order valence-electron chi connectivity index (χ0n) is 12.6. The maximum Gasteiger partial charge on any atom is 0.306 e. The predicted molar refractivity (Wildman–Crippen MR) is 84.5 cm³/mol. The number of hydrogen-bond donors (Lipinski definition) is 2. The molecule has 0 unspecified atom stereocenters. The van der Waals surface area contributed by atoms with E-state index in [-0.39, 0.29) is 18.9 Å². The molecule has 1 saturated heterocycles. The smallest absolute Gasteiger partial charge is 0.306 e. The van der Waals surface area contributed by atoms with Crippen molar-refractivity contribution in [3.05, 3.63) is 28.3 Å². The lowest BCUT2D eigenvalue weighted by atomic mass is 10.2. The molecule has 2 aromatic heterocycles. The maximum absolute atomic E-state index is 12.6. The third-order valence-electron chi connectivity index (χ3n) is 3.66. The minimum atomic E-state index is -0.926. The first-order valence-corrected chi connectivity index (χ1v) is 8.14. The molecule has 0 saturated carbocycles. The van der Waals surface area contributed by atoms with E-state index in [0.717, 1.165) is 16.3 Å². The van der Waals surface area contributed by atoms with Gasteiger partial charge in [0.05, 0.1) is 29.8 Å². The zero-order valence-corrected chi connectivity index (χ0v) is 13.4. The first-order valence-electron chi connectivity index (χ1n) is 7.26. The van der Waals surface area contributed by atoms with Gasteiger partial charge in [0.2, 0.25) is 0 Å². The Balaban J connectivity index is 1.70. The molecule has 1 aliphatic heterocycles. The van der Waals surface area contributed by atoms with Crippen molar-refractivity contribution in [2.45, 2.75) is 19.4 Å². The summed E-state index contributed by atoms with van der Waals surface area (Å²) in [6.07, 6.45) is 1.20. The number of hydrogen-bond acceptors (Lipinski definition) is 5. The number of aryl methyl sites for hydroxylation is 1. The number of aromatic amines is 1. The summed E-state index contributed by atoms with van der Waals surface area (Å²) in [4.78, 5) is 32.3. The third kappa shape index (κ3) is 3.59. The Morgan fingerprint density at radius 3 is 3.09 bits per heavy atom. The van der Waals surface area contributed by atoms with Gasteiger partial charge in [0.15, 0.2) is 0 Å². The van der Waals surface area contributed by atoms with Crippen LogP contribution < -0.4 is 0 Å². The van der Waals surface area contributed by atoms with E-state index in [1.165, 1.54) is 0 Å². The van der Waals surface area contributed by atoms with E-state index in [9.17, 15) is 9.59 Å². The van der Waals surface area contributed by atoms with Gasteiger partial charge in [-0.05, 0) is 13.0 Å². The predicted octanol–water partition coefficient (Wildman–Crippen LogP) is 1.76. The molecule has 1 fully saturated rings. The van der Waals surface area contributed by atoms with Crippen molar-refractivity contribution in [3.8, 4) is 11.3 Å². The van der Waals surface area contributed by atoms with Gasteiger partial charge in [0, 0.05) is 30.2 Å². The standard InChI is InChI=1S/C15H17N3O4S/c1-9-17-13(8-23-9)10-4-12(16-6-10)15(21)18-2-3-22-11(7-18)5-14(19)20/h4,6,8,11,16H,2-3,5,7H2,1H3,(H,19,20)/t11-/m1/s1. The number of nitrogens with zero attached hydrogens (tertiary/aromatic N) is 2. The first-order chi connectivity index (χ1) is 11.0. The Kier molecular flexibility index (Phi) is 4.44. The highest BCUT2D eigenvalue weighted by Gasteiger charge is 2.27. The third-order valence-corrected chi connectivity index (χ3v) is 4.43. The summed E-state index contributed by atoms with van der Waals surface area (Å²) in [7, 11) is 0. The molecule has 8 heteroatoms. The van der Waals surface area contributed by atoms with Gasteiger partial charge in [-0.3, -0.25) is 9.59 Å². The quantitative estimate of drug-likeness (QED) is 0.888. The van der Waals surface area contributed by atoms with Crippen molar-refractivity contribution >= 4 is 23.2 Å². The van der Waals surface area contributed by atoms with Gasteiger partial charge in [0.25, 0.3) is 5.91 Å². The van der Waals surface area contributed by atoms with Crippen LogP contribution >= 0.6 is 11.3 Å². The molecule has 2 N–H and O–H groups in total. The van der Waals surface area contributed by atoms with E-state index in [1.807, 2.05) is 12.3 Å². The van der Waals surface area contributed by atoms with Crippen LogP contribution in [0.2, 0.25) is 0 Å². The number of morpholine rings is 1.